The van der Waals surface area contributed by atoms with Gasteiger partial charge in [0.15, 0.2) is 17.0 Å². The molecule has 1 saturated heterocycles. The molecular weight excluding hydrogens is 306 g/mol. The number of aliphatic hydroxyl groups is 1. The third kappa shape index (κ3) is 2.65. The molecule has 130 valence electrons. The van der Waals surface area contributed by atoms with Gasteiger partial charge in [0.25, 0.3) is 0 Å². The largest absolute Gasteiger partial charge is 0.393 e. The Morgan fingerprint density at radius 3 is 2.96 bits per heavy atom. The fourth-order valence-electron chi connectivity index (χ4n) is 4.14. The second kappa shape index (κ2) is 6.64. The van der Waals surface area contributed by atoms with E-state index in [1.807, 2.05) is 10.9 Å². The van der Waals surface area contributed by atoms with Crippen molar-refractivity contribution < 1.29 is 9.84 Å². The molecule has 2 aliphatic rings. The molecule has 0 spiro atoms. The molecule has 3 atom stereocenters. The first kappa shape index (κ1) is 15.8. The average Bonchev–Trinajstić information content (AvgIpc) is 3.05. The minimum absolute atomic E-state index is 0.152. The van der Waals surface area contributed by atoms with E-state index in [-0.39, 0.29) is 18.1 Å². The molecule has 2 aromatic heterocycles. The molecule has 0 bridgehead atoms. The molecule has 3 heterocycles. The summed E-state index contributed by atoms with van der Waals surface area (Å²) in [5.74, 6) is 1.11. The van der Waals surface area contributed by atoms with Crippen LogP contribution in [0.1, 0.15) is 32.6 Å². The molecule has 1 saturated carbocycles. The number of imidazole rings is 1. The summed E-state index contributed by atoms with van der Waals surface area (Å²) in [6.07, 6.45) is 7.42. The fourth-order valence-corrected chi connectivity index (χ4v) is 4.14. The van der Waals surface area contributed by atoms with Crippen LogP contribution < -0.4 is 4.90 Å². The summed E-state index contributed by atoms with van der Waals surface area (Å²) in [7, 11) is 0. The third-order valence-electron chi connectivity index (χ3n) is 5.44. The Kier molecular flexibility index (Phi) is 4.37. The number of aromatic nitrogens is 4. The van der Waals surface area contributed by atoms with Gasteiger partial charge in [-0.05, 0) is 19.8 Å². The Balaban J connectivity index is 1.71. The molecule has 0 radical (unpaired) electrons. The Labute approximate surface area is 141 Å². The number of hydrogen-bond acceptors (Lipinski definition) is 6. The highest BCUT2D eigenvalue weighted by Crippen LogP contribution is 2.34. The number of aliphatic hydroxyl groups excluding tert-OH is 1. The van der Waals surface area contributed by atoms with E-state index in [2.05, 4.69) is 26.8 Å². The zero-order valence-corrected chi connectivity index (χ0v) is 14.1. The van der Waals surface area contributed by atoms with Crippen molar-refractivity contribution >= 4 is 17.0 Å². The lowest BCUT2D eigenvalue weighted by Gasteiger charge is -2.43. The van der Waals surface area contributed by atoms with Crippen LogP contribution in [-0.4, -0.2) is 56.5 Å². The lowest BCUT2D eigenvalue weighted by atomic mass is 9.80. The highest BCUT2D eigenvalue weighted by atomic mass is 16.5. The van der Waals surface area contributed by atoms with Crippen molar-refractivity contribution in [1.82, 2.24) is 19.5 Å². The molecule has 7 nitrogen and oxygen atoms in total. The maximum atomic E-state index is 10.5. The molecule has 1 aliphatic heterocycles. The minimum Gasteiger partial charge on any atom is -0.393 e. The van der Waals surface area contributed by atoms with Gasteiger partial charge in [0, 0.05) is 19.0 Å². The van der Waals surface area contributed by atoms with Gasteiger partial charge in [-0.1, -0.05) is 12.8 Å². The Bertz CT molecular complexity index is 703. The van der Waals surface area contributed by atoms with Crippen molar-refractivity contribution in [2.75, 3.05) is 24.7 Å². The van der Waals surface area contributed by atoms with Crippen molar-refractivity contribution in [3.05, 3.63) is 12.7 Å². The van der Waals surface area contributed by atoms with Gasteiger partial charge >= 0.3 is 0 Å². The average molecular weight is 331 g/mol. The maximum Gasteiger partial charge on any atom is 0.165 e. The van der Waals surface area contributed by atoms with E-state index in [1.54, 1.807) is 6.33 Å². The zero-order chi connectivity index (χ0) is 16.5. The predicted octanol–water partition coefficient (Wildman–Crippen LogP) is 1.60. The summed E-state index contributed by atoms with van der Waals surface area (Å²) >= 11 is 0. The lowest BCUT2D eigenvalue weighted by molar-refractivity contribution is 0.00849. The van der Waals surface area contributed by atoms with Crippen LogP contribution in [0, 0.1) is 5.92 Å². The molecule has 1 aliphatic carbocycles. The van der Waals surface area contributed by atoms with Gasteiger partial charge in [-0.15, -0.1) is 0 Å². The van der Waals surface area contributed by atoms with Gasteiger partial charge < -0.3 is 19.3 Å². The van der Waals surface area contributed by atoms with Gasteiger partial charge in [-0.3, -0.25) is 0 Å². The summed E-state index contributed by atoms with van der Waals surface area (Å²) < 4.78 is 7.79. The van der Waals surface area contributed by atoms with Gasteiger partial charge in [0.2, 0.25) is 0 Å². The number of morpholine rings is 1. The molecule has 2 aromatic rings. The molecule has 2 fully saturated rings. The van der Waals surface area contributed by atoms with Crippen LogP contribution in [0.3, 0.4) is 0 Å². The first-order chi connectivity index (χ1) is 11.8. The number of ether oxygens (including phenoxy) is 1. The topological polar surface area (TPSA) is 76.3 Å². The molecule has 0 aromatic carbocycles. The first-order valence-electron chi connectivity index (χ1n) is 8.98. The van der Waals surface area contributed by atoms with E-state index in [4.69, 9.17) is 4.74 Å². The van der Waals surface area contributed by atoms with Gasteiger partial charge in [-0.2, -0.15) is 0 Å². The molecule has 24 heavy (non-hydrogen) atoms. The van der Waals surface area contributed by atoms with Crippen LogP contribution in [-0.2, 0) is 11.3 Å². The molecular formula is C17H25N5O2. The highest BCUT2D eigenvalue weighted by Gasteiger charge is 2.37. The normalized spacial score (nSPS) is 28.4. The summed E-state index contributed by atoms with van der Waals surface area (Å²) in [4.78, 5) is 15.8. The highest BCUT2D eigenvalue weighted by molar-refractivity contribution is 5.83. The summed E-state index contributed by atoms with van der Waals surface area (Å²) in [5, 5.41) is 10.5. The molecule has 0 unspecified atom stereocenters. The van der Waals surface area contributed by atoms with E-state index in [1.165, 1.54) is 6.42 Å². The molecule has 0 amide bonds. The zero-order valence-electron chi connectivity index (χ0n) is 14.1. The van der Waals surface area contributed by atoms with Crippen LogP contribution >= 0.6 is 0 Å². The minimum atomic E-state index is -0.251. The lowest BCUT2D eigenvalue weighted by Crippen LogP contribution is -2.53. The Morgan fingerprint density at radius 1 is 1.25 bits per heavy atom. The van der Waals surface area contributed by atoms with E-state index >= 15 is 0 Å². The van der Waals surface area contributed by atoms with Crippen LogP contribution in [0.5, 0.6) is 0 Å². The smallest absolute Gasteiger partial charge is 0.165 e. The van der Waals surface area contributed by atoms with E-state index in [9.17, 15) is 5.11 Å². The number of rotatable bonds is 3. The standard InChI is InChI=1S/C17H25N5O2/c1-2-21-11-20-15-16(21)18-10-19-17(15)22-7-8-24-9-13(22)12-5-3-4-6-14(12)23/h10-14,23H,2-9H2,1H3/t12-,13-,14-/m1/s1. The van der Waals surface area contributed by atoms with Crippen molar-refractivity contribution in [1.29, 1.82) is 0 Å². The van der Waals surface area contributed by atoms with Crippen molar-refractivity contribution in [3.63, 3.8) is 0 Å². The summed E-state index contributed by atoms with van der Waals surface area (Å²) in [6.45, 7) is 5.01. The number of anilines is 1. The SMILES string of the molecule is CCn1cnc2c(N3CCOC[C@@H]3[C@H]3CCCC[C@H]3O)ncnc21. The van der Waals surface area contributed by atoms with E-state index in [0.717, 1.165) is 49.3 Å². The number of fused-ring (bicyclic) bond motifs is 1. The Morgan fingerprint density at radius 2 is 2.12 bits per heavy atom. The number of hydrogen-bond donors (Lipinski definition) is 1. The van der Waals surface area contributed by atoms with Crippen LogP contribution in [0.2, 0.25) is 0 Å². The van der Waals surface area contributed by atoms with Crippen molar-refractivity contribution in [2.45, 2.75) is 51.3 Å². The summed E-state index contributed by atoms with van der Waals surface area (Å²) in [5.41, 5.74) is 1.72. The van der Waals surface area contributed by atoms with Gasteiger partial charge in [0.05, 0.1) is 31.7 Å². The number of aryl methyl sites for hydroxylation is 1. The second-order valence-corrected chi connectivity index (χ2v) is 6.75. The van der Waals surface area contributed by atoms with Crippen LogP contribution in [0.25, 0.3) is 11.2 Å². The van der Waals surface area contributed by atoms with Crippen molar-refractivity contribution in [3.8, 4) is 0 Å². The maximum absolute atomic E-state index is 10.5. The van der Waals surface area contributed by atoms with Gasteiger partial charge in [-0.25, -0.2) is 15.0 Å². The molecule has 4 rings (SSSR count). The quantitative estimate of drug-likeness (QED) is 0.921. The fraction of sp³-hybridized carbons (Fsp3) is 0.706. The van der Waals surface area contributed by atoms with Gasteiger partial charge in [0.1, 0.15) is 6.33 Å². The third-order valence-corrected chi connectivity index (χ3v) is 5.44. The molecule has 7 heteroatoms. The van der Waals surface area contributed by atoms with E-state index in [0.29, 0.717) is 13.2 Å². The summed E-state index contributed by atoms with van der Waals surface area (Å²) in [6, 6.07) is 0.152. The Hall–Kier alpha value is -1.73. The van der Waals surface area contributed by atoms with Crippen molar-refractivity contribution in [2.24, 2.45) is 5.92 Å². The van der Waals surface area contributed by atoms with Crippen LogP contribution in [0.4, 0.5) is 5.82 Å². The van der Waals surface area contributed by atoms with Crippen LogP contribution in [0.15, 0.2) is 12.7 Å². The molecule has 1 N–H and O–H groups in total. The second-order valence-electron chi connectivity index (χ2n) is 6.75. The monoisotopic (exact) mass is 331 g/mol. The predicted molar refractivity (Wildman–Crippen MR) is 90.9 cm³/mol. The first-order valence-corrected chi connectivity index (χ1v) is 8.98. The number of nitrogens with zero attached hydrogens (tertiary/aromatic N) is 5. The van der Waals surface area contributed by atoms with E-state index < -0.39 is 0 Å².